The lowest BCUT2D eigenvalue weighted by Crippen LogP contribution is -2.41. The second kappa shape index (κ2) is 8.85. The molecule has 0 aromatic heterocycles. The Bertz CT molecular complexity index is 484. The first kappa shape index (κ1) is 17.7. The van der Waals surface area contributed by atoms with E-state index in [9.17, 15) is 13.6 Å². The topological polar surface area (TPSA) is 29.5 Å². The van der Waals surface area contributed by atoms with Crippen LogP contribution in [0.25, 0.3) is 0 Å². The Hall–Kier alpha value is -1.65. The number of benzene rings is 1. The third-order valence-electron chi connectivity index (χ3n) is 4.45. The molecule has 0 radical (unpaired) electrons. The van der Waals surface area contributed by atoms with Crippen LogP contribution in [0.4, 0.5) is 8.78 Å². The zero-order valence-corrected chi connectivity index (χ0v) is 13.6. The average Bonchev–Trinajstić information content (AvgIpc) is 2.55. The number of nitrogens with zero attached hydrogens (tertiary/aromatic N) is 1. The van der Waals surface area contributed by atoms with Gasteiger partial charge in [0.1, 0.15) is 5.75 Å². The zero-order valence-electron chi connectivity index (χ0n) is 13.6. The number of ether oxygens (including phenoxy) is 1. The van der Waals surface area contributed by atoms with E-state index in [1.54, 1.807) is 12.1 Å². The highest BCUT2D eigenvalue weighted by atomic mass is 19.3. The summed E-state index contributed by atoms with van der Waals surface area (Å²) < 4.78 is 28.5. The highest BCUT2D eigenvalue weighted by Crippen LogP contribution is 2.23. The molecule has 3 nitrogen and oxygen atoms in total. The Balaban J connectivity index is 1.84. The summed E-state index contributed by atoms with van der Waals surface area (Å²) >= 11 is 0. The summed E-state index contributed by atoms with van der Waals surface area (Å²) in [5.41, 5.74) is 0.958. The number of amides is 1. The minimum atomic E-state index is -2.81. The molecule has 0 saturated heterocycles. The van der Waals surface area contributed by atoms with E-state index in [0.29, 0.717) is 18.9 Å². The quantitative estimate of drug-likeness (QED) is 0.743. The minimum absolute atomic E-state index is 0.146. The molecule has 1 aliphatic carbocycles. The van der Waals surface area contributed by atoms with Crippen molar-refractivity contribution in [3.05, 3.63) is 29.8 Å². The normalized spacial score (nSPS) is 15.7. The molecule has 1 saturated carbocycles. The maximum atomic E-state index is 12.5. The van der Waals surface area contributed by atoms with Crippen LogP contribution in [-0.2, 0) is 11.2 Å². The molecule has 0 aliphatic heterocycles. The number of hydrogen-bond donors (Lipinski definition) is 0. The molecule has 1 aromatic rings. The molecule has 1 aromatic carbocycles. The van der Waals surface area contributed by atoms with Gasteiger partial charge >= 0.3 is 6.61 Å². The van der Waals surface area contributed by atoms with Crippen LogP contribution in [0.15, 0.2) is 24.3 Å². The lowest BCUT2D eigenvalue weighted by atomic mass is 9.94. The van der Waals surface area contributed by atoms with E-state index < -0.39 is 6.61 Å². The smallest absolute Gasteiger partial charge is 0.387 e. The van der Waals surface area contributed by atoms with Crippen molar-refractivity contribution in [3.63, 3.8) is 0 Å². The van der Waals surface area contributed by atoms with Crippen LogP contribution in [0.1, 0.15) is 51.0 Å². The molecule has 0 unspecified atom stereocenters. The Morgan fingerprint density at radius 2 is 1.87 bits per heavy atom. The summed E-state index contributed by atoms with van der Waals surface area (Å²) in [7, 11) is 0. The molecule has 23 heavy (non-hydrogen) atoms. The molecule has 2 rings (SSSR count). The Kier molecular flexibility index (Phi) is 6.81. The van der Waals surface area contributed by atoms with Crippen molar-refractivity contribution >= 4 is 5.91 Å². The molecule has 0 atom stereocenters. The molecule has 1 fully saturated rings. The van der Waals surface area contributed by atoms with Gasteiger partial charge in [-0.15, -0.1) is 0 Å². The van der Waals surface area contributed by atoms with Crippen LogP contribution in [0.2, 0.25) is 0 Å². The number of alkyl halides is 2. The van der Waals surface area contributed by atoms with Crippen LogP contribution in [0, 0.1) is 0 Å². The van der Waals surface area contributed by atoms with Gasteiger partial charge in [0.2, 0.25) is 5.91 Å². The number of halogens is 2. The highest BCUT2D eigenvalue weighted by Gasteiger charge is 2.23. The molecule has 0 heterocycles. The van der Waals surface area contributed by atoms with Crippen molar-refractivity contribution < 1.29 is 18.3 Å². The first-order chi connectivity index (χ1) is 11.1. The molecule has 128 valence electrons. The summed E-state index contributed by atoms with van der Waals surface area (Å²) in [6.45, 7) is -0.0239. The predicted molar refractivity (Wildman–Crippen MR) is 85.7 cm³/mol. The fourth-order valence-corrected chi connectivity index (χ4v) is 3.26. The summed E-state index contributed by atoms with van der Waals surface area (Å²) in [4.78, 5) is 14.5. The third kappa shape index (κ3) is 5.48. The number of carbonyl (C=O) groups excluding carboxylic acids is 1. The largest absolute Gasteiger partial charge is 0.435 e. The Labute approximate surface area is 136 Å². The lowest BCUT2D eigenvalue weighted by Gasteiger charge is -2.33. The molecule has 0 spiro atoms. The van der Waals surface area contributed by atoms with Crippen LogP contribution in [0.5, 0.6) is 5.75 Å². The van der Waals surface area contributed by atoms with E-state index in [1.165, 1.54) is 31.4 Å². The molecule has 0 N–H and O–H groups in total. The van der Waals surface area contributed by atoms with Gasteiger partial charge in [0, 0.05) is 19.0 Å². The number of rotatable bonds is 7. The monoisotopic (exact) mass is 325 g/mol. The highest BCUT2D eigenvalue weighted by molar-refractivity contribution is 5.76. The van der Waals surface area contributed by atoms with Gasteiger partial charge in [0.15, 0.2) is 0 Å². The standard InChI is InChI=1S/C18H25F2NO2/c1-2-21(15-6-4-3-5-7-15)17(22)13-10-14-8-11-16(12-9-14)23-18(19)20/h8-9,11-12,15,18H,2-7,10,13H2,1H3. The maximum Gasteiger partial charge on any atom is 0.387 e. The van der Waals surface area contributed by atoms with E-state index in [0.717, 1.165) is 24.9 Å². The first-order valence-corrected chi connectivity index (χ1v) is 8.43. The molecule has 0 bridgehead atoms. The van der Waals surface area contributed by atoms with E-state index in [-0.39, 0.29) is 11.7 Å². The van der Waals surface area contributed by atoms with Crippen LogP contribution < -0.4 is 4.74 Å². The van der Waals surface area contributed by atoms with Gasteiger partial charge in [-0.05, 0) is 43.9 Å². The van der Waals surface area contributed by atoms with Crippen molar-refractivity contribution in [2.45, 2.75) is 64.5 Å². The second-order valence-electron chi connectivity index (χ2n) is 5.99. The second-order valence-corrected chi connectivity index (χ2v) is 5.99. The van der Waals surface area contributed by atoms with Gasteiger partial charge in [-0.1, -0.05) is 31.4 Å². The molecule has 1 amide bonds. The predicted octanol–water partition coefficient (Wildman–Crippen LogP) is 4.40. The summed E-state index contributed by atoms with van der Waals surface area (Å²) in [5, 5.41) is 0. The number of aryl methyl sites for hydroxylation is 1. The van der Waals surface area contributed by atoms with E-state index in [4.69, 9.17) is 0 Å². The fourth-order valence-electron chi connectivity index (χ4n) is 3.26. The molecular formula is C18H25F2NO2. The van der Waals surface area contributed by atoms with Gasteiger partial charge in [-0.3, -0.25) is 4.79 Å². The fraction of sp³-hybridized carbons (Fsp3) is 0.611. The SMILES string of the molecule is CCN(C(=O)CCc1ccc(OC(F)F)cc1)C1CCCCC1. The third-order valence-corrected chi connectivity index (χ3v) is 4.45. The van der Waals surface area contributed by atoms with E-state index in [1.807, 2.05) is 11.8 Å². The zero-order chi connectivity index (χ0) is 16.7. The number of carbonyl (C=O) groups is 1. The lowest BCUT2D eigenvalue weighted by molar-refractivity contribution is -0.133. The molecule has 5 heteroatoms. The molecular weight excluding hydrogens is 300 g/mol. The van der Waals surface area contributed by atoms with Crippen molar-refractivity contribution in [1.82, 2.24) is 4.90 Å². The van der Waals surface area contributed by atoms with Crippen molar-refractivity contribution in [3.8, 4) is 5.75 Å². The summed E-state index contributed by atoms with van der Waals surface area (Å²) in [5.74, 6) is 0.333. The first-order valence-electron chi connectivity index (χ1n) is 8.43. The molecule has 1 aliphatic rings. The van der Waals surface area contributed by atoms with Gasteiger partial charge in [-0.2, -0.15) is 8.78 Å². The summed E-state index contributed by atoms with van der Waals surface area (Å²) in [6, 6.07) is 6.90. The maximum absolute atomic E-state index is 12.5. The van der Waals surface area contributed by atoms with Gasteiger partial charge < -0.3 is 9.64 Å². The summed E-state index contributed by atoms with van der Waals surface area (Å²) in [6.07, 6.45) is 6.99. The Morgan fingerprint density at radius 1 is 1.22 bits per heavy atom. The van der Waals surface area contributed by atoms with Crippen LogP contribution in [-0.4, -0.2) is 30.0 Å². The van der Waals surface area contributed by atoms with E-state index >= 15 is 0 Å². The van der Waals surface area contributed by atoms with Crippen molar-refractivity contribution in [2.24, 2.45) is 0 Å². The average molecular weight is 325 g/mol. The van der Waals surface area contributed by atoms with E-state index in [2.05, 4.69) is 4.74 Å². The number of hydrogen-bond acceptors (Lipinski definition) is 2. The Morgan fingerprint density at radius 3 is 2.43 bits per heavy atom. The minimum Gasteiger partial charge on any atom is -0.435 e. The van der Waals surface area contributed by atoms with Crippen LogP contribution in [0.3, 0.4) is 0 Å². The van der Waals surface area contributed by atoms with Gasteiger partial charge in [-0.25, -0.2) is 0 Å². The van der Waals surface area contributed by atoms with Gasteiger partial charge in [0.05, 0.1) is 0 Å². The van der Waals surface area contributed by atoms with Crippen molar-refractivity contribution in [1.29, 1.82) is 0 Å². The van der Waals surface area contributed by atoms with Crippen LogP contribution >= 0.6 is 0 Å². The van der Waals surface area contributed by atoms with Gasteiger partial charge in [0.25, 0.3) is 0 Å². The van der Waals surface area contributed by atoms with Crippen molar-refractivity contribution in [2.75, 3.05) is 6.54 Å².